The van der Waals surface area contributed by atoms with Gasteiger partial charge in [-0.25, -0.2) is 4.79 Å². The first-order valence-electron chi connectivity index (χ1n) is 7.42. The Morgan fingerprint density at radius 3 is 2.44 bits per heavy atom. The van der Waals surface area contributed by atoms with Crippen LogP contribution in [-0.4, -0.2) is 25.1 Å². The summed E-state index contributed by atoms with van der Waals surface area (Å²) in [5.41, 5.74) is 1.75. The topological polar surface area (TPSA) is 91.8 Å². The number of benzene rings is 2. The molecule has 25 heavy (non-hydrogen) atoms. The van der Waals surface area contributed by atoms with Gasteiger partial charge in [0.05, 0.1) is 17.6 Å². The Morgan fingerprint density at radius 2 is 1.84 bits per heavy atom. The molecule has 1 atom stereocenters. The number of methoxy groups -OCH3 is 2. The molecule has 0 radical (unpaired) electrons. The summed E-state index contributed by atoms with van der Waals surface area (Å²) in [7, 11) is 2.86. The van der Waals surface area contributed by atoms with Crippen molar-refractivity contribution in [2.24, 2.45) is 0 Å². The summed E-state index contributed by atoms with van der Waals surface area (Å²) in [6, 6.07) is 12.9. The zero-order valence-electron chi connectivity index (χ0n) is 13.6. The van der Waals surface area contributed by atoms with Crippen molar-refractivity contribution in [3.8, 4) is 0 Å². The van der Waals surface area contributed by atoms with Crippen molar-refractivity contribution >= 4 is 22.6 Å². The summed E-state index contributed by atoms with van der Waals surface area (Å²) in [6.45, 7) is 0. The number of non-ortho nitro benzene ring substituents is 1. The van der Waals surface area contributed by atoms with Gasteiger partial charge in [-0.3, -0.25) is 10.1 Å². The molecule has 1 heterocycles. The van der Waals surface area contributed by atoms with Gasteiger partial charge in [0.2, 0.25) is 0 Å². The maximum atomic E-state index is 11.5. The van der Waals surface area contributed by atoms with Gasteiger partial charge in [-0.2, -0.15) is 0 Å². The highest BCUT2D eigenvalue weighted by molar-refractivity contribution is 5.89. The molecular formula is C18H15NO6. The van der Waals surface area contributed by atoms with Crippen LogP contribution in [0.15, 0.2) is 52.9 Å². The third-order valence-electron chi connectivity index (χ3n) is 3.86. The first kappa shape index (κ1) is 16.7. The van der Waals surface area contributed by atoms with E-state index in [9.17, 15) is 14.9 Å². The number of nitro groups is 1. The summed E-state index contributed by atoms with van der Waals surface area (Å²) in [5, 5.41) is 11.5. The van der Waals surface area contributed by atoms with Gasteiger partial charge in [0.15, 0.2) is 0 Å². The Bertz CT molecular complexity index is 928. The fourth-order valence-electron chi connectivity index (χ4n) is 2.62. The second-order valence-electron chi connectivity index (χ2n) is 5.36. The SMILES string of the molecule is COC(=O)c1ccc(C(OC)c2cc3cc([N+](=O)[O-])ccc3o2)cc1. The van der Waals surface area contributed by atoms with Gasteiger partial charge in [0, 0.05) is 24.6 Å². The summed E-state index contributed by atoms with van der Waals surface area (Å²) >= 11 is 0. The summed E-state index contributed by atoms with van der Waals surface area (Å²) in [6.07, 6.45) is -0.502. The van der Waals surface area contributed by atoms with Crippen LogP contribution in [0, 0.1) is 10.1 Å². The van der Waals surface area contributed by atoms with Crippen LogP contribution in [0.2, 0.25) is 0 Å². The van der Waals surface area contributed by atoms with E-state index in [1.807, 2.05) is 0 Å². The maximum Gasteiger partial charge on any atom is 0.337 e. The lowest BCUT2D eigenvalue weighted by molar-refractivity contribution is -0.384. The first-order valence-corrected chi connectivity index (χ1v) is 7.42. The van der Waals surface area contributed by atoms with E-state index in [1.54, 1.807) is 36.4 Å². The number of nitro benzene ring substituents is 1. The van der Waals surface area contributed by atoms with Gasteiger partial charge in [0.1, 0.15) is 17.4 Å². The van der Waals surface area contributed by atoms with Crippen LogP contribution >= 0.6 is 0 Å². The Kier molecular flexibility index (Phi) is 4.49. The Hall–Kier alpha value is -3.19. The fourth-order valence-corrected chi connectivity index (χ4v) is 2.62. The van der Waals surface area contributed by atoms with Crippen molar-refractivity contribution in [3.05, 3.63) is 75.5 Å². The van der Waals surface area contributed by atoms with E-state index in [2.05, 4.69) is 4.74 Å². The predicted molar refractivity (Wildman–Crippen MR) is 89.5 cm³/mol. The third-order valence-corrected chi connectivity index (χ3v) is 3.86. The lowest BCUT2D eigenvalue weighted by Gasteiger charge is -2.13. The van der Waals surface area contributed by atoms with E-state index in [0.29, 0.717) is 22.3 Å². The number of carbonyl (C=O) groups is 1. The minimum atomic E-state index is -0.502. The van der Waals surface area contributed by atoms with Gasteiger partial charge in [-0.1, -0.05) is 12.1 Å². The number of fused-ring (bicyclic) bond motifs is 1. The van der Waals surface area contributed by atoms with Gasteiger partial charge < -0.3 is 13.9 Å². The van der Waals surface area contributed by atoms with Gasteiger partial charge in [-0.05, 0) is 29.8 Å². The minimum Gasteiger partial charge on any atom is -0.465 e. The van der Waals surface area contributed by atoms with E-state index in [0.717, 1.165) is 5.56 Å². The highest BCUT2D eigenvalue weighted by Crippen LogP contribution is 2.32. The molecule has 0 bridgehead atoms. The van der Waals surface area contributed by atoms with Crippen LogP contribution in [0.25, 0.3) is 11.0 Å². The average molecular weight is 341 g/mol. The molecule has 1 unspecified atom stereocenters. The monoisotopic (exact) mass is 341 g/mol. The number of carbonyl (C=O) groups excluding carboxylic acids is 1. The predicted octanol–water partition coefficient (Wildman–Crippen LogP) is 3.86. The molecule has 7 heteroatoms. The normalized spacial score (nSPS) is 12.1. The number of rotatable bonds is 5. The van der Waals surface area contributed by atoms with Crippen molar-refractivity contribution < 1.29 is 23.6 Å². The molecule has 0 aliphatic rings. The summed E-state index contributed by atoms with van der Waals surface area (Å²) in [4.78, 5) is 21.9. The number of nitrogens with zero attached hydrogens (tertiary/aromatic N) is 1. The Labute approximate surface area is 142 Å². The minimum absolute atomic E-state index is 0.00347. The largest absolute Gasteiger partial charge is 0.465 e. The van der Waals surface area contributed by atoms with Crippen molar-refractivity contribution in [3.63, 3.8) is 0 Å². The molecule has 1 aromatic heterocycles. The second-order valence-corrected chi connectivity index (χ2v) is 5.36. The van der Waals surface area contributed by atoms with E-state index in [1.165, 1.54) is 26.4 Å². The van der Waals surface area contributed by atoms with Crippen LogP contribution in [0.4, 0.5) is 5.69 Å². The molecule has 0 aliphatic carbocycles. The fraction of sp³-hybridized carbons (Fsp3) is 0.167. The number of furan rings is 1. The molecule has 0 N–H and O–H groups in total. The van der Waals surface area contributed by atoms with Crippen molar-refractivity contribution in [1.29, 1.82) is 0 Å². The molecule has 2 aromatic carbocycles. The number of esters is 1. The molecule has 0 fully saturated rings. The van der Waals surface area contributed by atoms with Crippen molar-refractivity contribution in [2.45, 2.75) is 6.10 Å². The second kappa shape index (κ2) is 6.74. The number of ether oxygens (including phenoxy) is 2. The quantitative estimate of drug-likeness (QED) is 0.397. The highest BCUT2D eigenvalue weighted by atomic mass is 16.6. The molecule has 0 saturated heterocycles. The first-order chi connectivity index (χ1) is 12.0. The molecule has 0 spiro atoms. The Morgan fingerprint density at radius 1 is 1.12 bits per heavy atom. The zero-order valence-corrected chi connectivity index (χ0v) is 13.6. The summed E-state index contributed by atoms with van der Waals surface area (Å²) in [5.74, 6) is 0.0976. The zero-order chi connectivity index (χ0) is 18.0. The lowest BCUT2D eigenvalue weighted by atomic mass is 10.0. The van der Waals surface area contributed by atoms with Crippen LogP contribution in [0.5, 0.6) is 0 Å². The number of hydrogen-bond donors (Lipinski definition) is 0. The molecule has 7 nitrogen and oxygen atoms in total. The molecule has 0 aliphatic heterocycles. The van der Waals surface area contributed by atoms with Crippen molar-refractivity contribution in [1.82, 2.24) is 0 Å². The number of hydrogen-bond acceptors (Lipinski definition) is 6. The van der Waals surface area contributed by atoms with Gasteiger partial charge in [-0.15, -0.1) is 0 Å². The smallest absolute Gasteiger partial charge is 0.337 e. The maximum absolute atomic E-state index is 11.5. The van der Waals surface area contributed by atoms with Gasteiger partial charge in [0.25, 0.3) is 5.69 Å². The van der Waals surface area contributed by atoms with E-state index in [4.69, 9.17) is 9.15 Å². The van der Waals surface area contributed by atoms with Crippen LogP contribution < -0.4 is 0 Å². The summed E-state index contributed by atoms with van der Waals surface area (Å²) < 4.78 is 16.0. The molecule has 3 aromatic rings. The molecule has 128 valence electrons. The standard InChI is InChI=1S/C18H15NO6/c1-23-17(11-3-5-12(6-4-11)18(20)24-2)16-10-13-9-14(19(21)22)7-8-15(13)25-16/h3-10,17H,1-2H3. The molecule has 0 saturated carbocycles. The Balaban J connectivity index is 1.96. The van der Waals surface area contributed by atoms with Crippen LogP contribution in [0.3, 0.4) is 0 Å². The van der Waals surface area contributed by atoms with E-state index < -0.39 is 17.0 Å². The average Bonchev–Trinajstić information content (AvgIpc) is 3.04. The highest BCUT2D eigenvalue weighted by Gasteiger charge is 2.20. The molecule has 0 amide bonds. The van der Waals surface area contributed by atoms with Crippen molar-refractivity contribution in [2.75, 3.05) is 14.2 Å². The lowest BCUT2D eigenvalue weighted by Crippen LogP contribution is -2.04. The van der Waals surface area contributed by atoms with E-state index in [-0.39, 0.29) is 5.69 Å². The third kappa shape index (κ3) is 3.22. The van der Waals surface area contributed by atoms with Crippen LogP contribution in [-0.2, 0) is 9.47 Å². The van der Waals surface area contributed by atoms with E-state index >= 15 is 0 Å². The van der Waals surface area contributed by atoms with Gasteiger partial charge >= 0.3 is 5.97 Å². The molecular weight excluding hydrogens is 326 g/mol. The molecule has 3 rings (SSSR count). The van der Waals surface area contributed by atoms with Crippen LogP contribution in [0.1, 0.15) is 27.8 Å².